The predicted octanol–water partition coefficient (Wildman–Crippen LogP) is 3.11. The van der Waals surface area contributed by atoms with Gasteiger partial charge in [-0.15, -0.1) is 0 Å². The summed E-state index contributed by atoms with van der Waals surface area (Å²) in [6, 6.07) is 13.3. The van der Waals surface area contributed by atoms with Crippen LogP contribution in [0.1, 0.15) is 29.9 Å². The molecule has 0 unspecified atom stereocenters. The molecular weight excluding hydrogens is 332 g/mol. The number of fused-ring (bicyclic) bond motifs is 3. The maximum absolute atomic E-state index is 13.1. The van der Waals surface area contributed by atoms with Gasteiger partial charge in [0.1, 0.15) is 0 Å². The molecule has 2 aromatic carbocycles. The molecule has 4 rings (SSSR count). The van der Waals surface area contributed by atoms with E-state index in [1.807, 2.05) is 25.1 Å². The van der Waals surface area contributed by atoms with E-state index in [2.05, 4.69) is 17.3 Å². The SMILES string of the molecule is Cc1cccc(S(=O)(=O)c2ccc3c(c2)[C@H]2CCNCC[C@@H]2N3C)c1. The molecule has 0 saturated carbocycles. The molecule has 5 heteroatoms. The molecule has 0 spiro atoms. The number of anilines is 1. The molecule has 0 aliphatic carbocycles. The van der Waals surface area contributed by atoms with Gasteiger partial charge in [0.05, 0.1) is 9.79 Å². The van der Waals surface area contributed by atoms with Crippen molar-refractivity contribution >= 4 is 15.5 Å². The van der Waals surface area contributed by atoms with Gasteiger partial charge >= 0.3 is 0 Å². The smallest absolute Gasteiger partial charge is 0.206 e. The molecular formula is C20H24N2O2S. The van der Waals surface area contributed by atoms with E-state index in [0.29, 0.717) is 21.8 Å². The Morgan fingerprint density at radius 1 is 1.04 bits per heavy atom. The van der Waals surface area contributed by atoms with Crippen LogP contribution in [0.4, 0.5) is 5.69 Å². The molecule has 25 heavy (non-hydrogen) atoms. The van der Waals surface area contributed by atoms with Crippen LogP contribution in [0, 0.1) is 6.92 Å². The highest BCUT2D eigenvalue weighted by Crippen LogP contribution is 2.44. The molecule has 0 radical (unpaired) electrons. The molecule has 0 bridgehead atoms. The van der Waals surface area contributed by atoms with Crippen LogP contribution in [0.3, 0.4) is 0 Å². The maximum Gasteiger partial charge on any atom is 0.206 e. The van der Waals surface area contributed by atoms with Crippen LogP contribution < -0.4 is 10.2 Å². The van der Waals surface area contributed by atoms with E-state index in [1.165, 1.54) is 11.3 Å². The molecule has 2 aliphatic rings. The first-order valence-corrected chi connectivity index (χ1v) is 10.4. The number of rotatable bonds is 2. The number of hydrogen-bond donors (Lipinski definition) is 1. The van der Waals surface area contributed by atoms with E-state index < -0.39 is 9.84 Å². The summed E-state index contributed by atoms with van der Waals surface area (Å²) < 4.78 is 26.1. The number of likely N-dealkylation sites (N-methyl/N-ethyl adjacent to an activating group) is 1. The van der Waals surface area contributed by atoms with Crippen LogP contribution in [0.25, 0.3) is 0 Å². The maximum atomic E-state index is 13.1. The normalized spacial score (nSPS) is 23.0. The molecule has 132 valence electrons. The lowest BCUT2D eigenvalue weighted by Gasteiger charge is -2.24. The second-order valence-corrected chi connectivity index (χ2v) is 9.10. The number of nitrogens with one attached hydrogen (secondary N) is 1. The van der Waals surface area contributed by atoms with Gasteiger partial charge in [0.15, 0.2) is 0 Å². The average molecular weight is 356 g/mol. The fourth-order valence-corrected chi connectivity index (χ4v) is 5.67. The Bertz CT molecular complexity index is 908. The van der Waals surface area contributed by atoms with E-state index in [-0.39, 0.29) is 0 Å². The Kier molecular flexibility index (Phi) is 4.08. The summed E-state index contributed by atoms with van der Waals surface area (Å²) in [5.74, 6) is 0.405. The second-order valence-electron chi connectivity index (χ2n) is 7.15. The number of hydrogen-bond acceptors (Lipinski definition) is 4. The highest BCUT2D eigenvalue weighted by Gasteiger charge is 2.37. The van der Waals surface area contributed by atoms with Crippen molar-refractivity contribution in [1.82, 2.24) is 5.32 Å². The third-order valence-corrected chi connectivity index (χ3v) is 7.35. The van der Waals surface area contributed by atoms with Gasteiger partial charge in [-0.05, 0) is 74.3 Å². The molecule has 4 nitrogen and oxygen atoms in total. The minimum absolute atomic E-state index is 0.373. The number of nitrogens with zero attached hydrogens (tertiary/aromatic N) is 1. The third kappa shape index (κ3) is 2.75. The molecule has 2 aliphatic heterocycles. The lowest BCUT2D eigenvalue weighted by Crippen LogP contribution is -2.30. The zero-order valence-electron chi connectivity index (χ0n) is 14.7. The van der Waals surface area contributed by atoms with Crippen LogP contribution in [-0.2, 0) is 9.84 Å². The van der Waals surface area contributed by atoms with Crippen LogP contribution in [0.2, 0.25) is 0 Å². The van der Waals surface area contributed by atoms with Crippen molar-refractivity contribution in [2.75, 3.05) is 25.0 Å². The lowest BCUT2D eigenvalue weighted by molar-refractivity contribution is 0.531. The minimum Gasteiger partial charge on any atom is -0.371 e. The van der Waals surface area contributed by atoms with Gasteiger partial charge in [-0.2, -0.15) is 0 Å². The summed E-state index contributed by atoms with van der Waals surface area (Å²) in [6.45, 7) is 3.93. The zero-order chi connectivity index (χ0) is 17.6. The van der Waals surface area contributed by atoms with Gasteiger partial charge in [-0.25, -0.2) is 8.42 Å². The monoisotopic (exact) mass is 356 g/mol. The quantitative estimate of drug-likeness (QED) is 0.898. The highest BCUT2D eigenvalue weighted by molar-refractivity contribution is 7.91. The molecule has 1 N–H and O–H groups in total. The highest BCUT2D eigenvalue weighted by atomic mass is 32.2. The van der Waals surface area contributed by atoms with Crippen LogP contribution in [0.15, 0.2) is 52.3 Å². The Morgan fingerprint density at radius 3 is 2.60 bits per heavy atom. The Morgan fingerprint density at radius 2 is 1.80 bits per heavy atom. The fourth-order valence-electron chi connectivity index (χ4n) is 4.27. The van der Waals surface area contributed by atoms with Crippen molar-refractivity contribution < 1.29 is 8.42 Å². The summed E-state index contributed by atoms with van der Waals surface area (Å²) in [6.07, 6.45) is 2.14. The first kappa shape index (κ1) is 16.6. The molecule has 2 atom stereocenters. The van der Waals surface area contributed by atoms with Crippen LogP contribution in [0.5, 0.6) is 0 Å². The van der Waals surface area contributed by atoms with Gasteiger partial charge in [-0.3, -0.25) is 0 Å². The molecule has 1 saturated heterocycles. The molecule has 0 aromatic heterocycles. The molecule has 2 heterocycles. The molecule has 0 amide bonds. The first-order chi connectivity index (χ1) is 12.0. The van der Waals surface area contributed by atoms with E-state index in [1.54, 1.807) is 24.3 Å². The standard InChI is InChI=1S/C20H24N2O2S/c1-14-4-3-5-15(12-14)25(23,24)16-6-7-19-18(13-16)17-8-10-21-11-9-20(17)22(19)2/h3-7,12-13,17,20-21H,8-11H2,1-2H3/t17-,20+/m1/s1. The van der Waals surface area contributed by atoms with Crippen molar-refractivity contribution in [3.05, 3.63) is 53.6 Å². The van der Waals surface area contributed by atoms with Crippen molar-refractivity contribution in [3.8, 4) is 0 Å². The zero-order valence-corrected chi connectivity index (χ0v) is 15.5. The van der Waals surface area contributed by atoms with Gasteiger partial charge in [0.2, 0.25) is 9.84 Å². The summed E-state index contributed by atoms with van der Waals surface area (Å²) in [4.78, 5) is 3.11. The fraction of sp³-hybridized carbons (Fsp3) is 0.400. The van der Waals surface area contributed by atoms with Crippen molar-refractivity contribution in [3.63, 3.8) is 0 Å². The summed E-state index contributed by atoms with van der Waals surface area (Å²) >= 11 is 0. The number of sulfone groups is 1. The average Bonchev–Trinajstić information content (AvgIpc) is 2.77. The van der Waals surface area contributed by atoms with Gasteiger partial charge in [0.25, 0.3) is 0 Å². The Balaban J connectivity index is 1.78. The topological polar surface area (TPSA) is 49.4 Å². The van der Waals surface area contributed by atoms with E-state index in [4.69, 9.17) is 0 Å². The van der Waals surface area contributed by atoms with Crippen molar-refractivity contribution in [2.24, 2.45) is 0 Å². The van der Waals surface area contributed by atoms with E-state index >= 15 is 0 Å². The van der Waals surface area contributed by atoms with Crippen molar-refractivity contribution in [1.29, 1.82) is 0 Å². The van der Waals surface area contributed by atoms with Gasteiger partial charge < -0.3 is 10.2 Å². The number of benzene rings is 2. The Labute approximate surface area is 149 Å². The van der Waals surface area contributed by atoms with Gasteiger partial charge in [-0.1, -0.05) is 12.1 Å². The first-order valence-electron chi connectivity index (χ1n) is 8.88. The summed E-state index contributed by atoms with van der Waals surface area (Å²) in [7, 11) is -1.35. The van der Waals surface area contributed by atoms with E-state index in [0.717, 1.165) is 31.5 Å². The van der Waals surface area contributed by atoms with Crippen molar-refractivity contribution in [2.45, 2.75) is 41.5 Å². The lowest BCUT2D eigenvalue weighted by atomic mass is 9.91. The Hall–Kier alpha value is -1.85. The summed E-state index contributed by atoms with van der Waals surface area (Å²) in [5, 5.41) is 3.46. The third-order valence-electron chi connectivity index (χ3n) is 5.60. The summed E-state index contributed by atoms with van der Waals surface area (Å²) in [5.41, 5.74) is 3.32. The largest absolute Gasteiger partial charge is 0.371 e. The number of aryl methyl sites for hydroxylation is 1. The van der Waals surface area contributed by atoms with Crippen LogP contribution in [-0.4, -0.2) is 34.6 Å². The minimum atomic E-state index is -3.48. The molecule has 2 aromatic rings. The predicted molar refractivity (Wildman–Crippen MR) is 100 cm³/mol. The van der Waals surface area contributed by atoms with Gasteiger partial charge in [0, 0.05) is 24.7 Å². The second kappa shape index (κ2) is 6.15. The molecule has 1 fully saturated rings. The van der Waals surface area contributed by atoms with E-state index in [9.17, 15) is 8.42 Å². The van der Waals surface area contributed by atoms with Crippen LogP contribution >= 0.6 is 0 Å².